The minimum atomic E-state index is -4.37. The minimum absolute atomic E-state index is 0.341. The molecular weight excluding hydrogens is 347 g/mol. The van der Waals surface area contributed by atoms with Gasteiger partial charge in [0.25, 0.3) is 0 Å². The van der Waals surface area contributed by atoms with E-state index in [9.17, 15) is 13.2 Å². The second-order valence-corrected chi connectivity index (χ2v) is 6.91. The molecule has 132 valence electrons. The normalized spacial score (nSPS) is 12.0. The van der Waals surface area contributed by atoms with Crippen molar-refractivity contribution in [1.82, 2.24) is 14.5 Å². The highest BCUT2D eigenvalue weighted by Gasteiger charge is 2.31. The van der Waals surface area contributed by atoms with Crippen LogP contribution in [0.4, 0.5) is 13.2 Å². The second kappa shape index (κ2) is 7.07. The lowest BCUT2D eigenvalue weighted by atomic mass is 10.2. The monoisotopic (exact) mass is 365 g/mol. The van der Waals surface area contributed by atoms with E-state index in [2.05, 4.69) is 16.9 Å². The Balaban J connectivity index is 2.06. The number of fused-ring (bicyclic) bond motifs is 1. The van der Waals surface area contributed by atoms with Crippen LogP contribution in [-0.4, -0.2) is 20.3 Å². The van der Waals surface area contributed by atoms with Crippen molar-refractivity contribution >= 4 is 22.8 Å². The van der Waals surface area contributed by atoms with Gasteiger partial charge >= 0.3 is 6.18 Å². The van der Waals surface area contributed by atoms with Crippen LogP contribution in [0.3, 0.4) is 0 Å². The van der Waals surface area contributed by atoms with Crippen molar-refractivity contribution in [2.45, 2.75) is 30.8 Å². The first-order valence-electron chi connectivity index (χ1n) is 8.02. The zero-order chi connectivity index (χ0) is 18.0. The third-order valence-corrected chi connectivity index (χ3v) is 5.12. The van der Waals surface area contributed by atoms with E-state index in [1.165, 1.54) is 6.07 Å². The smallest absolute Gasteiger partial charge is 0.327 e. The molecule has 3 nitrogen and oxygen atoms in total. The van der Waals surface area contributed by atoms with Gasteiger partial charge in [0, 0.05) is 29.9 Å². The third kappa shape index (κ3) is 3.66. The van der Waals surface area contributed by atoms with Crippen molar-refractivity contribution in [2.24, 2.45) is 7.05 Å². The SMILES string of the molecule is CCCCSc1cnccc1-c1nc2cc(C(F)(F)F)ccc2n1C. The molecule has 0 fully saturated rings. The first kappa shape index (κ1) is 17.8. The van der Waals surface area contributed by atoms with Gasteiger partial charge in [0.15, 0.2) is 0 Å². The van der Waals surface area contributed by atoms with E-state index in [1.807, 2.05) is 17.7 Å². The molecule has 3 aromatic rings. The summed E-state index contributed by atoms with van der Waals surface area (Å²) in [7, 11) is 1.82. The number of imidazole rings is 1. The molecule has 0 spiro atoms. The highest BCUT2D eigenvalue weighted by molar-refractivity contribution is 7.99. The summed E-state index contributed by atoms with van der Waals surface area (Å²) in [6.07, 6.45) is 1.30. The first-order valence-corrected chi connectivity index (χ1v) is 9.01. The van der Waals surface area contributed by atoms with Gasteiger partial charge < -0.3 is 4.57 Å². The van der Waals surface area contributed by atoms with Crippen LogP contribution < -0.4 is 0 Å². The Bertz CT molecular complexity index is 887. The Kier molecular flexibility index (Phi) is 5.03. The standard InChI is InChI=1S/C18H18F3N3S/c1-3-4-9-25-16-11-22-8-7-13(16)17-23-14-10-12(18(19,20)21)5-6-15(14)24(17)2/h5-8,10-11H,3-4,9H2,1-2H3. The summed E-state index contributed by atoms with van der Waals surface area (Å²) in [5, 5.41) is 0. The summed E-state index contributed by atoms with van der Waals surface area (Å²) in [5.41, 5.74) is 1.22. The quantitative estimate of drug-likeness (QED) is 0.439. The average Bonchev–Trinajstić information content (AvgIpc) is 2.91. The lowest BCUT2D eigenvalue weighted by molar-refractivity contribution is -0.137. The van der Waals surface area contributed by atoms with Gasteiger partial charge in [0.2, 0.25) is 0 Å². The highest BCUT2D eigenvalue weighted by atomic mass is 32.2. The summed E-state index contributed by atoms with van der Waals surface area (Å²) in [6, 6.07) is 5.53. The minimum Gasteiger partial charge on any atom is -0.327 e. The molecule has 25 heavy (non-hydrogen) atoms. The predicted molar refractivity (Wildman–Crippen MR) is 94.6 cm³/mol. The molecule has 0 aliphatic heterocycles. The molecule has 0 N–H and O–H groups in total. The molecule has 0 aliphatic carbocycles. The number of aryl methyl sites for hydroxylation is 1. The van der Waals surface area contributed by atoms with Crippen LogP contribution in [0.15, 0.2) is 41.6 Å². The molecule has 7 heteroatoms. The number of unbranched alkanes of at least 4 members (excludes halogenated alkanes) is 1. The number of hydrogen-bond acceptors (Lipinski definition) is 3. The van der Waals surface area contributed by atoms with Crippen LogP contribution in [0.25, 0.3) is 22.4 Å². The van der Waals surface area contributed by atoms with Crippen molar-refractivity contribution in [1.29, 1.82) is 0 Å². The lowest BCUT2D eigenvalue weighted by Gasteiger charge is -2.08. The van der Waals surface area contributed by atoms with Crippen molar-refractivity contribution in [3.8, 4) is 11.4 Å². The third-order valence-electron chi connectivity index (χ3n) is 3.99. The van der Waals surface area contributed by atoms with Gasteiger partial charge in [0.1, 0.15) is 5.82 Å². The van der Waals surface area contributed by atoms with Crippen LogP contribution in [0.1, 0.15) is 25.3 Å². The number of aromatic nitrogens is 3. The topological polar surface area (TPSA) is 30.7 Å². The number of hydrogen-bond donors (Lipinski definition) is 0. The number of thioether (sulfide) groups is 1. The van der Waals surface area contributed by atoms with Crippen molar-refractivity contribution in [2.75, 3.05) is 5.75 Å². The van der Waals surface area contributed by atoms with E-state index in [-0.39, 0.29) is 0 Å². The second-order valence-electron chi connectivity index (χ2n) is 5.77. The van der Waals surface area contributed by atoms with Crippen LogP contribution in [0.5, 0.6) is 0 Å². The Labute approximate surface area is 148 Å². The largest absolute Gasteiger partial charge is 0.416 e. The van der Waals surface area contributed by atoms with Crippen molar-refractivity contribution < 1.29 is 13.2 Å². The molecule has 0 saturated heterocycles. The molecule has 0 saturated carbocycles. The Morgan fingerprint density at radius 2 is 2.00 bits per heavy atom. The van der Waals surface area contributed by atoms with Crippen molar-refractivity contribution in [3.63, 3.8) is 0 Å². The molecular formula is C18H18F3N3S. The fourth-order valence-corrected chi connectivity index (χ4v) is 3.73. The van der Waals surface area contributed by atoms with Crippen LogP contribution in [-0.2, 0) is 13.2 Å². The van der Waals surface area contributed by atoms with Crippen LogP contribution in [0.2, 0.25) is 0 Å². The average molecular weight is 365 g/mol. The Morgan fingerprint density at radius 1 is 1.20 bits per heavy atom. The van der Waals surface area contributed by atoms with Gasteiger partial charge in [-0.25, -0.2) is 4.98 Å². The van der Waals surface area contributed by atoms with Gasteiger partial charge in [-0.15, -0.1) is 11.8 Å². The summed E-state index contributed by atoms with van der Waals surface area (Å²) >= 11 is 1.70. The lowest BCUT2D eigenvalue weighted by Crippen LogP contribution is -2.04. The van der Waals surface area contributed by atoms with Crippen molar-refractivity contribution in [3.05, 3.63) is 42.2 Å². The zero-order valence-electron chi connectivity index (χ0n) is 14.0. The molecule has 0 unspecified atom stereocenters. The summed E-state index contributed by atoms with van der Waals surface area (Å²) < 4.78 is 40.6. The van der Waals surface area contributed by atoms with E-state index in [4.69, 9.17) is 0 Å². The fraction of sp³-hybridized carbons (Fsp3) is 0.333. The molecule has 0 bridgehead atoms. The molecule has 0 aliphatic rings. The van der Waals surface area contributed by atoms with Gasteiger partial charge in [0.05, 0.1) is 16.6 Å². The summed E-state index contributed by atoms with van der Waals surface area (Å²) in [6.45, 7) is 2.13. The van der Waals surface area contributed by atoms with Gasteiger partial charge in [-0.3, -0.25) is 4.98 Å². The molecule has 0 radical (unpaired) electrons. The Morgan fingerprint density at radius 3 is 2.72 bits per heavy atom. The van der Waals surface area contributed by atoms with Gasteiger partial charge in [-0.05, 0) is 36.4 Å². The zero-order valence-corrected chi connectivity index (χ0v) is 14.8. The van der Waals surface area contributed by atoms with Gasteiger partial charge in [-0.1, -0.05) is 13.3 Å². The number of pyridine rings is 1. The number of rotatable bonds is 5. The molecule has 2 aromatic heterocycles. The molecule has 0 amide bonds. The molecule has 1 aromatic carbocycles. The first-order chi connectivity index (χ1) is 11.9. The molecule has 2 heterocycles. The van der Waals surface area contributed by atoms with Crippen LogP contribution >= 0.6 is 11.8 Å². The van der Waals surface area contributed by atoms with Gasteiger partial charge in [-0.2, -0.15) is 13.2 Å². The van der Waals surface area contributed by atoms with E-state index in [0.29, 0.717) is 16.9 Å². The van der Waals surface area contributed by atoms with E-state index < -0.39 is 11.7 Å². The van der Waals surface area contributed by atoms with E-state index in [0.717, 1.165) is 41.2 Å². The maximum Gasteiger partial charge on any atom is 0.416 e. The summed E-state index contributed by atoms with van der Waals surface area (Å²) in [5.74, 6) is 1.62. The fourth-order valence-electron chi connectivity index (χ4n) is 2.62. The van der Waals surface area contributed by atoms with Crippen LogP contribution in [0, 0.1) is 0 Å². The predicted octanol–water partition coefficient (Wildman–Crippen LogP) is 5.55. The number of halogens is 3. The number of alkyl halides is 3. The highest BCUT2D eigenvalue weighted by Crippen LogP contribution is 2.35. The van der Waals surface area contributed by atoms with E-state index in [1.54, 1.807) is 24.2 Å². The Hall–Kier alpha value is -2.02. The van der Waals surface area contributed by atoms with E-state index >= 15 is 0 Å². The maximum atomic E-state index is 12.9. The molecule has 3 rings (SSSR count). The maximum absolute atomic E-state index is 12.9. The summed E-state index contributed by atoms with van der Waals surface area (Å²) in [4.78, 5) is 9.63. The number of benzene rings is 1. The number of nitrogens with zero attached hydrogens (tertiary/aromatic N) is 3. The molecule has 0 atom stereocenters.